The van der Waals surface area contributed by atoms with Crippen molar-refractivity contribution < 1.29 is 0 Å². The molecule has 0 N–H and O–H groups in total. The largest absolute Gasteiger partial charge is 0.126 e. The van der Waals surface area contributed by atoms with Gasteiger partial charge in [0.2, 0.25) is 0 Å². The Balaban J connectivity index is 2.11. The molecule has 4 rings (SSSR count). The lowest BCUT2D eigenvalue weighted by Gasteiger charge is -2.08. The Morgan fingerprint density at radius 3 is 1.69 bits per heavy atom. The summed E-state index contributed by atoms with van der Waals surface area (Å²) in [5, 5.41) is 3.03. The van der Waals surface area contributed by atoms with Crippen LogP contribution in [-0.2, 0) is 12.8 Å². The molecule has 16 heavy (non-hydrogen) atoms. The summed E-state index contributed by atoms with van der Waals surface area (Å²) in [6, 6.07) is 9.35. The highest BCUT2D eigenvalue weighted by molar-refractivity contribution is 7.99. The van der Waals surface area contributed by atoms with Crippen LogP contribution < -0.4 is 0 Å². The fourth-order valence-corrected chi connectivity index (χ4v) is 4.96. The standard InChI is InChI=1S/C14H12S2/c1-3-13-12(6-8-15-13)10-2-4-14-11(9(1)10)5-7-16-14/h1-4H,5-8H2. The van der Waals surface area contributed by atoms with Crippen LogP contribution in [0.2, 0.25) is 0 Å². The Morgan fingerprint density at radius 2 is 1.19 bits per heavy atom. The minimum atomic E-state index is 1.25. The lowest BCUT2D eigenvalue weighted by atomic mass is 9.98. The van der Waals surface area contributed by atoms with Gasteiger partial charge in [-0.25, -0.2) is 0 Å². The van der Waals surface area contributed by atoms with Gasteiger partial charge in [-0.15, -0.1) is 23.5 Å². The van der Waals surface area contributed by atoms with Gasteiger partial charge in [0.15, 0.2) is 0 Å². The number of fused-ring (bicyclic) bond motifs is 5. The minimum Gasteiger partial charge on any atom is -0.126 e. The monoisotopic (exact) mass is 244 g/mol. The number of rotatable bonds is 0. The molecule has 2 heterocycles. The van der Waals surface area contributed by atoms with E-state index >= 15 is 0 Å². The molecule has 2 heteroatoms. The molecule has 80 valence electrons. The number of hydrogen-bond donors (Lipinski definition) is 0. The van der Waals surface area contributed by atoms with Crippen LogP contribution in [0.15, 0.2) is 34.1 Å². The first kappa shape index (κ1) is 9.43. The van der Waals surface area contributed by atoms with Gasteiger partial charge in [-0.2, -0.15) is 0 Å². The highest BCUT2D eigenvalue weighted by atomic mass is 32.2. The summed E-state index contributed by atoms with van der Waals surface area (Å²) in [5.74, 6) is 2.53. The van der Waals surface area contributed by atoms with Crippen molar-refractivity contribution in [3.63, 3.8) is 0 Å². The summed E-state index contributed by atoms with van der Waals surface area (Å²) in [6.07, 6.45) is 2.51. The zero-order valence-electron chi connectivity index (χ0n) is 8.95. The summed E-state index contributed by atoms with van der Waals surface area (Å²) < 4.78 is 0. The lowest BCUT2D eigenvalue weighted by molar-refractivity contribution is 1.15. The Kier molecular flexibility index (Phi) is 2.03. The maximum atomic E-state index is 2.34. The summed E-state index contributed by atoms with van der Waals surface area (Å²) >= 11 is 4.02. The van der Waals surface area contributed by atoms with E-state index in [9.17, 15) is 0 Å². The van der Waals surface area contributed by atoms with E-state index in [1.807, 2.05) is 23.5 Å². The van der Waals surface area contributed by atoms with Gasteiger partial charge in [-0.1, -0.05) is 12.1 Å². The van der Waals surface area contributed by atoms with E-state index in [4.69, 9.17) is 0 Å². The lowest BCUT2D eigenvalue weighted by Crippen LogP contribution is -1.89. The fourth-order valence-electron chi connectivity index (χ4n) is 2.80. The molecule has 0 aromatic heterocycles. The van der Waals surface area contributed by atoms with Gasteiger partial charge in [0, 0.05) is 21.3 Å². The van der Waals surface area contributed by atoms with Crippen molar-refractivity contribution >= 4 is 34.3 Å². The third kappa shape index (κ3) is 1.20. The second kappa shape index (κ2) is 3.44. The summed E-state index contributed by atoms with van der Waals surface area (Å²) in [4.78, 5) is 3.02. The van der Waals surface area contributed by atoms with E-state index in [2.05, 4.69) is 24.3 Å². The van der Waals surface area contributed by atoms with Crippen molar-refractivity contribution in [3.8, 4) is 0 Å². The Bertz CT molecular complexity index is 534. The van der Waals surface area contributed by atoms with E-state index in [0.29, 0.717) is 0 Å². The Labute approximate surface area is 104 Å². The average Bonchev–Trinajstić information content (AvgIpc) is 2.96. The molecule has 2 aliphatic rings. The van der Waals surface area contributed by atoms with Gasteiger partial charge in [-0.3, -0.25) is 0 Å². The molecule has 0 saturated carbocycles. The van der Waals surface area contributed by atoms with Crippen LogP contribution in [-0.4, -0.2) is 11.5 Å². The molecule has 0 nitrogen and oxygen atoms in total. The van der Waals surface area contributed by atoms with Gasteiger partial charge in [0.25, 0.3) is 0 Å². The van der Waals surface area contributed by atoms with Crippen molar-refractivity contribution in [1.82, 2.24) is 0 Å². The van der Waals surface area contributed by atoms with Gasteiger partial charge in [-0.05, 0) is 46.9 Å². The normalized spacial score (nSPS) is 17.8. The first-order valence-electron chi connectivity index (χ1n) is 5.76. The molecule has 0 bridgehead atoms. The van der Waals surface area contributed by atoms with E-state index < -0.39 is 0 Å². The van der Waals surface area contributed by atoms with E-state index in [1.165, 1.54) is 44.9 Å². The molecule has 0 aliphatic carbocycles. The highest BCUT2D eigenvalue weighted by Gasteiger charge is 2.19. The summed E-state index contributed by atoms with van der Waals surface area (Å²) in [7, 11) is 0. The predicted octanol–water partition coefficient (Wildman–Crippen LogP) is 4.14. The van der Waals surface area contributed by atoms with Crippen molar-refractivity contribution in [2.45, 2.75) is 22.6 Å². The van der Waals surface area contributed by atoms with Crippen LogP contribution in [0.5, 0.6) is 0 Å². The first-order chi connectivity index (χ1) is 7.93. The van der Waals surface area contributed by atoms with E-state index in [-0.39, 0.29) is 0 Å². The zero-order chi connectivity index (χ0) is 10.5. The molecule has 0 amide bonds. The number of thioether (sulfide) groups is 2. The smallest absolute Gasteiger partial charge is 0.0111 e. The zero-order valence-corrected chi connectivity index (χ0v) is 10.6. The minimum absolute atomic E-state index is 1.25. The predicted molar refractivity (Wildman–Crippen MR) is 72.8 cm³/mol. The summed E-state index contributed by atoms with van der Waals surface area (Å²) in [6.45, 7) is 0. The molecule has 0 fully saturated rings. The van der Waals surface area contributed by atoms with E-state index in [0.717, 1.165) is 0 Å². The topological polar surface area (TPSA) is 0 Å². The molecule has 0 atom stereocenters. The van der Waals surface area contributed by atoms with Crippen LogP contribution in [0.3, 0.4) is 0 Å². The maximum Gasteiger partial charge on any atom is 0.0111 e. The number of benzene rings is 2. The third-order valence-electron chi connectivity index (χ3n) is 3.56. The van der Waals surface area contributed by atoms with Crippen LogP contribution >= 0.6 is 23.5 Å². The molecule has 2 aromatic rings. The Morgan fingerprint density at radius 1 is 0.688 bits per heavy atom. The molecule has 2 aliphatic heterocycles. The maximum absolute atomic E-state index is 2.34. The third-order valence-corrected chi connectivity index (χ3v) is 5.76. The highest BCUT2D eigenvalue weighted by Crippen LogP contribution is 2.41. The SMILES string of the molecule is c1cc2c3c(ccc2c2c1SCC2)SCC3. The fraction of sp³-hybridized carbons (Fsp3) is 0.286. The number of aryl methyl sites for hydroxylation is 2. The first-order valence-corrected chi connectivity index (χ1v) is 7.74. The molecule has 0 saturated heterocycles. The van der Waals surface area contributed by atoms with Crippen LogP contribution in [0, 0.1) is 0 Å². The summed E-state index contributed by atoms with van der Waals surface area (Å²) in [5.41, 5.74) is 3.20. The molecule has 0 spiro atoms. The van der Waals surface area contributed by atoms with Crippen LogP contribution in [0.1, 0.15) is 11.1 Å². The van der Waals surface area contributed by atoms with Crippen molar-refractivity contribution in [1.29, 1.82) is 0 Å². The van der Waals surface area contributed by atoms with Crippen molar-refractivity contribution in [2.24, 2.45) is 0 Å². The van der Waals surface area contributed by atoms with Crippen LogP contribution in [0.4, 0.5) is 0 Å². The molecule has 2 aromatic carbocycles. The average molecular weight is 244 g/mol. The second-order valence-corrected chi connectivity index (χ2v) is 6.65. The molecular formula is C14H12S2. The molecular weight excluding hydrogens is 232 g/mol. The molecule has 0 radical (unpaired) electrons. The van der Waals surface area contributed by atoms with Gasteiger partial charge in [0.05, 0.1) is 0 Å². The molecule has 0 unspecified atom stereocenters. The Hall–Kier alpha value is -0.600. The van der Waals surface area contributed by atoms with Gasteiger partial charge >= 0.3 is 0 Å². The van der Waals surface area contributed by atoms with Gasteiger partial charge < -0.3 is 0 Å². The van der Waals surface area contributed by atoms with E-state index in [1.54, 1.807) is 11.1 Å². The van der Waals surface area contributed by atoms with Gasteiger partial charge in [0.1, 0.15) is 0 Å². The van der Waals surface area contributed by atoms with Crippen molar-refractivity contribution in [3.05, 3.63) is 35.4 Å². The second-order valence-electron chi connectivity index (χ2n) is 4.38. The quantitative estimate of drug-likeness (QED) is 0.683. The van der Waals surface area contributed by atoms with Crippen molar-refractivity contribution in [2.75, 3.05) is 11.5 Å². The van der Waals surface area contributed by atoms with Crippen LogP contribution in [0.25, 0.3) is 10.8 Å². The number of hydrogen-bond acceptors (Lipinski definition) is 2.